The molecule has 2 amide bonds. The molecule has 1 saturated heterocycles. The van der Waals surface area contributed by atoms with Crippen molar-refractivity contribution in [2.24, 2.45) is 5.92 Å². The number of piperidine rings is 1. The van der Waals surface area contributed by atoms with E-state index in [0.717, 1.165) is 5.56 Å². The van der Waals surface area contributed by atoms with E-state index in [1.54, 1.807) is 43.6 Å². The number of benzene rings is 1. The minimum atomic E-state index is -0.0851. The summed E-state index contributed by atoms with van der Waals surface area (Å²) in [5.74, 6) is 1.19. The molecular formula is C21H25N3O4. The van der Waals surface area contributed by atoms with Gasteiger partial charge in [0.05, 0.1) is 19.8 Å². The molecule has 1 aromatic heterocycles. The van der Waals surface area contributed by atoms with Crippen molar-refractivity contribution in [3.8, 4) is 11.5 Å². The largest absolute Gasteiger partial charge is 0.493 e. The predicted octanol–water partition coefficient (Wildman–Crippen LogP) is 2.27. The minimum Gasteiger partial charge on any atom is -0.493 e. The van der Waals surface area contributed by atoms with E-state index in [1.165, 1.54) is 0 Å². The maximum absolute atomic E-state index is 12.5. The number of amides is 2. The Labute approximate surface area is 164 Å². The van der Waals surface area contributed by atoms with Crippen molar-refractivity contribution in [2.45, 2.75) is 19.4 Å². The zero-order chi connectivity index (χ0) is 19.9. The van der Waals surface area contributed by atoms with E-state index in [9.17, 15) is 9.59 Å². The van der Waals surface area contributed by atoms with Gasteiger partial charge in [0.15, 0.2) is 11.5 Å². The van der Waals surface area contributed by atoms with E-state index >= 15 is 0 Å². The summed E-state index contributed by atoms with van der Waals surface area (Å²) < 4.78 is 10.5. The van der Waals surface area contributed by atoms with Crippen LogP contribution in [0.5, 0.6) is 11.5 Å². The first kappa shape index (κ1) is 19.7. The van der Waals surface area contributed by atoms with Gasteiger partial charge in [-0.15, -0.1) is 0 Å². The van der Waals surface area contributed by atoms with Crippen LogP contribution in [-0.2, 0) is 11.3 Å². The Morgan fingerprint density at radius 1 is 1.14 bits per heavy atom. The van der Waals surface area contributed by atoms with Crippen LogP contribution in [0, 0.1) is 5.92 Å². The topological polar surface area (TPSA) is 80.8 Å². The molecule has 148 valence electrons. The standard InChI is InChI=1S/C21H25N3O4/c1-27-18-6-5-15(12-19(18)28-2)13-23-20(25)16-7-10-24(11-8-16)21(26)17-4-3-9-22-14-17/h3-6,9,12,14,16H,7-8,10-11,13H2,1-2H3,(H,23,25). The number of nitrogens with one attached hydrogen (secondary N) is 1. The Morgan fingerprint density at radius 3 is 2.54 bits per heavy atom. The SMILES string of the molecule is COc1ccc(CNC(=O)C2CCN(C(=O)c3cccnc3)CC2)cc1OC. The Hall–Kier alpha value is -3.09. The first-order chi connectivity index (χ1) is 13.6. The van der Waals surface area contributed by atoms with Gasteiger partial charge in [-0.2, -0.15) is 0 Å². The van der Waals surface area contributed by atoms with Crippen molar-refractivity contribution in [2.75, 3.05) is 27.3 Å². The number of rotatable bonds is 6. The van der Waals surface area contributed by atoms with E-state index in [-0.39, 0.29) is 17.7 Å². The smallest absolute Gasteiger partial charge is 0.255 e. The number of hydrogen-bond acceptors (Lipinski definition) is 5. The third-order valence-electron chi connectivity index (χ3n) is 4.98. The van der Waals surface area contributed by atoms with Crippen LogP contribution in [-0.4, -0.2) is 49.0 Å². The van der Waals surface area contributed by atoms with Gasteiger partial charge in [0, 0.05) is 37.9 Å². The monoisotopic (exact) mass is 383 g/mol. The van der Waals surface area contributed by atoms with Crippen molar-refractivity contribution < 1.29 is 19.1 Å². The zero-order valence-corrected chi connectivity index (χ0v) is 16.2. The molecule has 1 aromatic carbocycles. The maximum Gasteiger partial charge on any atom is 0.255 e. The van der Waals surface area contributed by atoms with Crippen LogP contribution < -0.4 is 14.8 Å². The quantitative estimate of drug-likeness (QED) is 0.828. The number of likely N-dealkylation sites (tertiary alicyclic amines) is 1. The highest BCUT2D eigenvalue weighted by Gasteiger charge is 2.27. The fourth-order valence-corrected chi connectivity index (χ4v) is 3.34. The molecule has 0 spiro atoms. The molecule has 1 N–H and O–H groups in total. The summed E-state index contributed by atoms with van der Waals surface area (Å²) in [7, 11) is 3.17. The Kier molecular flexibility index (Phi) is 6.47. The molecule has 1 fully saturated rings. The second kappa shape index (κ2) is 9.21. The fraction of sp³-hybridized carbons (Fsp3) is 0.381. The summed E-state index contributed by atoms with van der Waals surface area (Å²) in [5.41, 5.74) is 1.52. The lowest BCUT2D eigenvalue weighted by molar-refractivity contribution is -0.126. The summed E-state index contributed by atoms with van der Waals surface area (Å²) in [5, 5.41) is 2.98. The summed E-state index contributed by atoms with van der Waals surface area (Å²) in [6.45, 7) is 1.57. The Balaban J connectivity index is 1.50. The molecule has 7 nitrogen and oxygen atoms in total. The Morgan fingerprint density at radius 2 is 1.89 bits per heavy atom. The number of carbonyl (C=O) groups excluding carboxylic acids is 2. The van der Waals surface area contributed by atoms with Crippen LogP contribution in [0.3, 0.4) is 0 Å². The van der Waals surface area contributed by atoms with Crippen LogP contribution in [0.4, 0.5) is 0 Å². The summed E-state index contributed by atoms with van der Waals surface area (Å²) in [6.07, 6.45) is 4.53. The van der Waals surface area contributed by atoms with Gasteiger partial charge >= 0.3 is 0 Å². The molecule has 2 heterocycles. The third-order valence-corrected chi connectivity index (χ3v) is 4.98. The molecule has 7 heteroatoms. The van der Waals surface area contributed by atoms with Gasteiger partial charge in [0.25, 0.3) is 5.91 Å². The second-order valence-electron chi connectivity index (χ2n) is 6.72. The van der Waals surface area contributed by atoms with E-state index < -0.39 is 0 Å². The maximum atomic E-state index is 12.5. The van der Waals surface area contributed by atoms with Crippen molar-refractivity contribution in [3.05, 3.63) is 53.9 Å². The van der Waals surface area contributed by atoms with Gasteiger partial charge < -0.3 is 19.7 Å². The molecule has 0 atom stereocenters. The molecule has 0 saturated carbocycles. The number of pyridine rings is 1. The Bertz CT molecular complexity index is 818. The van der Waals surface area contributed by atoms with Crippen LogP contribution in [0.25, 0.3) is 0 Å². The van der Waals surface area contributed by atoms with Gasteiger partial charge in [0.2, 0.25) is 5.91 Å². The summed E-state index contributed by atoms with van der Waals surface area (Å²) >= 11 is 0. The first-order valence-electron chi connectivity index (χ1n) is 9.30. The number of nitrogens with zero attached hydrogens (tertiary/aromatic N) is 2. The second-order valence-corrected chi connectivity index (χ2v) is 6.72. The van der Waals surface area contributed by atoms with Gasteiger partial charge in [-0.1, -0.05) is 6.07 Å². The first-order valence-corrected chi connectivity index (χ1v) is 9.30. The normalized spacial score (nSPS) is 14.4. The number of hydrogen-bond donors (Lipinski definition) is 1. The van der Waals surface area contributed by atoms with E-state index in [1.807, 2.05) is 18.2 Å². The highest BCUT2D eigenvalue weighted by molar-refractivity contribution is 5.94. The average molecular weight is 383 g/mol. The van der Waals surface area contributed by atoms with Crippen LogP contribution in [0.2, 0.25) is 0 Å². The highest BCUT2D eigenvalue weighted by atomic mass is 16.5. The molecule has 0 unspecified atom stereocenters. The number of aromatic nitrogens is 1. The van der Waals surface area contributed by atoms with Gasteiger partial charge in [0.1, 0.15) is 0 Å². The number of carbonyl (C=O) groups is 2. The molecule has 3 rings (SSSR count). The molecule has 28 heavy (non-hydrogen) atoms. The van der Waals surface area contributed by atoms with Crippen molar-refractivity contribution in [1.82, 2.24) is 15.2 Å². The predicted molar refractivity (Wildman–Crippen MR) is 104 cm³/mol. The van der Waals surface area contributed by atoms with Crippen molar-refractivity contribution in [3.63, 3.8) is 0 Å². The minimum absolute atomic E-state index is 0.0169. The summed E-state index contributed by atoms with van der Waals surface area (Å²) in [6, 6.07) is 9.09. The van der Waals surface area contributed by atoms with Gasteiger partial charge in [-0.25, -0.2) is 0 Å². The fourth-order valence-electron chi connectivity index (χ4n) is 3.34. The lowest BCUT2D eigenvalue weighted by atomic mass is 9.95. The van der Waals surface area contributed by atoms with Gasteiger partial charge in [-0.05, 0) is 42.7 Å². The molecule has 0 bridgehead atoms. The lowest BCUT2D eigenvalue weighted by Gasteiger charge is -2.31. The molecule has 1 aliphatic heterocycles. The molecule has 0 aliphatic carbocycles. The van der Waals surface area contributed by atoms with Crippen LogP contribution in [0.1, 0.15) is 28.8 Å². The third kappa shape index (κ3) is 4.60. The molecular weight excluding hydrogens is 358 g/mol. The van der Waals surface area contributed by atoms with E-state index in [2.05, 4.69) is 10.3 Å². The average Bonchev–Trinajstić information content (AvgIpc) is 2.77. The number of ether oxygens (including phenoxy) is 2. The van der Waals surface area contributed by atoms with Crippen LogP contribution in [0.15, 0.2) is 42.7 Å². The lowest BCUT2D eigenvalue weighted by Crippen LogP contribution is -2.42. The van der Waals surface area contributed by atoms with E-state index in [4.69, 9.17) is 9.47 Å². The summed E-state index contributed by atoms with van der Waals surface area (Å²) in [4.78, 5) is 30.8. The number of methoxy groups -OCH3 is 2. The molecule has 2 aromatic rings. The van der Waals surface area contributed by atoms with Crippen molar-refractivity contribution in [1.29, 1.82) is 0 Å². The molecule has 1 aliphatic rings. The zero-order valence-electron chi connectivity index (χ0n) is 16.2. The highest BCUT2D eigenvalue weighted by Crippen LogP contribution is 2.27. The van der Waals surface area contributed by atoms with Crippen LogP contribution >= 0.6 is 0 Å². The van der Waals surface area contributed by atoms with Gasteiger partial charge in [-0.3, -0.25) is 14.6 Å². The molecule has 0 radical (unpaired) electrons. The van der Waals surface area contributed by atoms with E-state index in [0.29, 0.717) is 49.5 Å². The van der Waals surface area contributed by atoms with Crippen molar-refractivity contribution >= 4 is 11.8 Å².